The first kappa shape index (κ1) is 22.5. The zero-order valence-corrected chi connectivity index (χ0v) is 20.8. The van der Waals surface area contributed by atoms with Crippen molar-refractivity contribution >= 4 is 11.3 Å². The van der Waals surface area contributed by atoms with Gasteiger partial charge in [0.05, 0.1) is 30.7 Å². The van der Waals surface area contributed by atoms with Crippen LogP contribution in [-0.2, 0) is 24.4 Å². The topological polar surface area (TPSA) is 52.4 Å². The van der Waals surface area contributed by atoms with Crippen LogP contribution >= 0.6 is 11.3 Å². The molecule has 1 fully saturated rings. The van der Waals surface area contributed by atoms with Gasteiger partial charge in [-0.1, -0.05) is 30.3 Å². The van der Waals surface area contributed by atoms with Crippen LogP contribution in [0.25, 0.3) is 22.5 Å². The standard InChI is InChI=1S/C28H30N4O2S/c1-33-23-9-7-21(8-10-23)27-25-17-31(13-14-32(25)28(30-27)22-11-15-34-16-12-22)18-26-29-24(19-35-26)20-5-3-2-4-6-20/h2-10,19,22H,11-18H2,1H3. The molecule has 2 aromatic heterocycles. The van der Waals surface area contributed by atoms with Crippen LogP contribution in [0.4, 0.5) is 0 Å². The molecule has 4 heterocycles. The van der Waals surface area contributed by atoms with Crippen LogP contribution in [0, 0.1) is 0 Å². The number of thiazole rings is 1. The Morgan fingerprint density at radius 3 is 2.54 bits per heavy atom. The highest BCUT2D eigenvalue weighted by Crippen LogP contribution is 2.35. The number of hydrogen-bond acceptors (Lipinski definition) is 6. The number of nitrogens with zero attached hydrogens (tertiary/aromatic N) is 4. The Kier molecular flexibility index (Phi) is 6.37. The Morgan fingerprint density at radius 2 is 1.77 bits per heavy atom. The Morgan fingerprint density at radius 1 is 0.971 bits per heavy atom. The molecule has 1 saturated heterocycles. The summed E-state index contributed by atoms with van der Waals surface area (Å²) in [7, 11) is 1.70. The van der Waals surface area contributed by atoms with E-state index in [1.165, 1.54) is 17.1 Å². The van der Waals surface area contributed by atoms with E-state index in [1.807, 2.05) is 18.2 Å². The first-order valence-electron chi connectivity index (χ1n) is 12.3. The van der Waals surface area contributed by atoms with E-state index in [9.17, 15) is 0 Å². The van der Waals surface area contributed by atoms with Crippen molar-refractivity contribution in [3.63, 3.8) is 0 Å². The molecule has 2 aliphatic heterocycles. The highest BCUT2D eigenvalue weighted by Gasteiger charge is 2.29. The van der Waals surface area contributed by atoms with E-state index in [-0.39, 0.29) is 0 Å². The number of rotatable bonds is 6. The summed E-state index contributed by atoms with van der Waals surface area (Å²) in [5.74, 6) is 2.56. The molecule has 0 bridgehead atoms. The van der Waals surface area contributed by atoms with Gasteiger partial charge in [-0.15, -0.1) is 11.3 Å². The quantitative estimate of drug-likeness (QED) is 0.356. The van der Waals surface area contributed by atoms with Gasteiger partial charge in [0.1, 0.15) is 16.6 Å². The molecule has 0 radical (unpaired) electrons. The van der Waals surface area contributed by atoms with E-state index in [2.05, 4.69) is 51.2 Å². The van der Waals surface area contributed by atoms with Crippen molar-refractivity contribution in [2.45, 2.75) is 38.4 Å². The van der Waals surface area contributed by atoms with Gasteiger partial charge in [-0.2, -0.15) is 0 Å². The molecule has 0 unspecified atom stereocenters. The molecular formula is C28H30N4O2S. The van der Waals surface area contributed by atoms with Gasteiger partial charge in [-0.05, 0) is 37.1 Å². The van der Waals surface area contributed by atoms with Crippen LogP contribution in [0.15, 0.2) is 60.0 Å². The van der Waals surface area contributed by atoms with Gasteiger partial charge in [-0.25, -0.2) is 9.97 Å². The lowest BCUT2D eigenvalue weighted by Crippen LogP contribution is -2.34. The molecule has 7 heteroatoms. The lowest BCUT2D eigenvalue weighted by Gasteiger charge is -2.30. The van der Waals surface area contributed by atoms with Crippen molar-refractivity contribution in [2.24, 2.45) is 0 Å². The zero-order valence-electron chi connectivity index (χ0n) is 20.0. The van der Waals surface area contributed by atoms with Gasteiger partial charge >= 0.3 is 0 Å². The van der Waals surface area contributed by atoms with E-state index in [1.54, 1.807) is 18.4 Å². The lowest BCUT2D eigenvalue weighted by molar-refractivity contribution is 0.0821. The fourth-order valence-electron chi connectivity index (χ4n) is 5.15. The van der Waals surface area contributed by atoms with Gasteiger partial charge in [0.2, 0.25) is 0 Å². The first-order chi connectivity index (χ1) is 17.3. The van der Waals surface area contributed by atoms with Crippen molar-refractivity contribution < 1.29 is 9.47 Å². The number of methoxy groups -OCH3 is 1. The molecule has 0 spiro atoms. The second-order valence-electron chi connectivity index (χ2n) is 9.24. The molecule has 0 N–H and O–H groups in total. The fraction of sp³-hybridized carbons (Fsp3) is 0.357. The van der Waals surface area contributed by atoms with Crippen LogP contribution in [0.2, 0.25) is 0 Å². The summed E-state index contributed by atoms with van der Waals surface area (Å²) in [6.45, 7) is 5.34. The van der Waals surface area contributed by atoms with E-state index < -0.39 is 0 Å². The summed E-state index contributed by atoms with van der Waals surface area (Å²) in [4.78, 5) is 12.7. The number of imidazole rings is 1. The molecule has 0 saturated carbocycles. The van der Waals surface area contributed by atoms with Gasteiger partial charge in [0.25, 0.3) is 0 Å². The Labute approximate surface area is 210 Å². The molecule has 35 heavy (non-hydrogen) atoms. The molecular weight excluding hydrogens is 456 g/mol. The third-order valence-electron chi connectivity index (χ3n) is 7.05. The predicted octanol–water partition coefficient (Wildman–Crippen LogP) is 5.59. The third-order valence-corrected chi connectivity index (χ3v) is 7.88. The van der Waals surface area contributed by atoms with Crippen molar-refractivity contribution in [3.8, 4) is 28.3 Å². The van der Waals surface area contributed by atoms with Crippen LogP contribution in [0.5, 0.6) is 5.75 Å². The normalized spacial score (nSPS) is 16.8. The van der Waals surface area contributed by atoms with Crippen molar-refractivity contribution in [3.05, 3.63) is 76.5 Å². The second kappa shape index (κ2) is 9.93. The minimum atomic E-state index is 0.466. The highest BCUT2D eigenvalue weighted by molar-refractivity contribution is 7.09. The summed E-state index contributed by atoms with van der Waals surface area (Å²) in [5.41, 5.74) is 5.80. The minimum absolute atomic E-state index is 0.466. The Balaban J connectivity index is 1.28. The minimum Gasteiger partial charge on any atom is -0.497 e. The molecule has 2 aliphatic rings. The number of ether oxygens (including phenoxy) is 2. The maximum absolute atomic E-state index is 5.63. The van der Waals surface area contributed by atoms with Crippen molar-refractivity contribution in [1.29, 1.82) is 0 Å². The first-order valence-corrected chi connectivity index (χ1v) is 13.2. The maximum Gasteiger partial charge on any atom is 0.118 e. The monoisotopic (exact) mass is 486 g/mol. The number of aromatic nitrogens is 3. The van der Waals surface area contributed by atoms with Crippen LogP contribution in [-0.4, -0.2) is 46.3 Å². The summed E-state index contributed by atoms with van der Waals surface area (Å²) in [5, 5.41) is 3.33. The van der Waals surface area contributed by atoms with Gasteiger partial charge in [0.15, 0.2) is 0 Å². The van der Waals surface area contributed by atoms with Gasteiger partial charge in [-0.3, -0.25) is 4.90 Å². The molecule has 4 aromatic rings. The van der Waals surface area contributed by atoms with Crippen LogP contribution in [0.1, 0.15) is 35.3 Å². The Bertz CT molecular complexity index is 1280. The average molecular weight is 487 g/mol. The van der Waals surface area contributed by atoms with E-state index in [0.717, 1.165) is 79.9 Å². The SMILES string of the molecule is COc1ccc(-c2nc(C3CCOCC3)n3c2CN(Cc2nc(-c4ccccc4)cs2)CC3)cc1. The van der Waals surface area contributed by atoms with Gasteiger partial charge in [0, 0.05) is 55.3 Å². The smallest absolute Gasteiger partial charge is 0.118 e. The number of fused-ring (bicyclic) bond motifs is 1. The second-order valence-corrected chi connectivity index (χ2v) is 10.2. The summed E-state index contributed by atoms with van der Waals surface area (Å²) < 4.78 is 13.5. The molecule has 6 rings (SSSR count). The molecule has 180 valence electrons. The summed E-state index contributed by atoms with van der Waals surface area (Å²) >= 11 is 1.75. The fourth-order valence-corrected chi connectivity index (χ4v) is 5.99. The summed E-state index contributed by atoms with van der Waals surface area (Å²) in [6, 6.07) is 18.7. The van der Waals surface area contributed by atoms with E-state index >= 15 is 0 Å². The Hall–Kier alpha value is -3.00. The molecule has 0 aliphatic carbocycles. The van der Waals surface area contributed by atoms with E-state index in [0.29, 0.717) is 5.92 Å². The molecule has 0 amide bonds. The largest absolute Gasteiger partial charge is 0.497 e. The zero-order chi connectivity index (χ0) is 23.6. The van der Waals surface area contributed by atoms with Crippen LogP contribution in [0.3, 0.4) is 0 Å². The number of benzene rings is 2. The van der Waals surface area contributed by atoms with Crippen LogP contribution < -0.4 is 4.74 Å². The highest BCUT2D eigenvalue weighted by atomic mass is 32.1. The lowest BCUT2D eigenvalue weighted by atomic mass is 9.99. The van der Waals surface area contributed by atoms with Gasteiger partial charge < -0.3 is 14.0 Å². The predicted molar refractivity (Wildman–Crippen MR) is 139 cm³/mol. The molecule has 2 aromatic carbocycles. The van der Waals surface area contributed by atoms with Crippen molar-refractivity contribution in [1.82, 2.24) is 19.4 Å². The summed E-state index contributed by atoms with van der Waals surface area (Å²) in [6.07, 6.45) is 2.09. The van der Waals surface area contributed by atoms with E-state index in [4.69, 9.17) is 19.4 Å². The maximum atomic E-state index is 5.63. The average Bonchev–Trinajstić information content (AvgIpc) is 3.55. The third kappa shape index (κ3) is 4.63. The molecule has 0 atom stereocenters. The molecule has 6 nitrogen and oxygen atoms in total. The van der Waals surface area contributed by atoms with Crippen molar-refractivity contribution in [2.75, 3.05) is 26.9 Å². The number of hydrogen-bond donors (Lipinski definition) is 0.